The number of hydrogen-bond donors (Lipinski definition) is 0. The summed E-state index contributed by atoms with van der Waals surface area (Å²) in [6.07, 6.45) is 0.228. The van der Waals surface area contributed by atoms with Crippen molar-refractivity contribution in [3.05, 3.63) is 71.2 Å². The maximum absolute atomic E-state index is 13.5. The number of fused-ring (bicyclic) bond motifs is 1. The third-order valence-corrected chi connectivity index (χ3v) is 7.73. The van der Waals surface area contributed by atoms with Crippen molar-refractivity contribution in [1.82, 2.24) is 14.2 Å². The largest absolute Gasteiger partial charge is 0.340 e. The Hall–Kier alpha value is -2.84. The molecule has 8 heteroatoms. The minimum absolute atomic E-state index is 0.0499. The van der Waals surface area contributed by atoms with Crippen LogP contribution in [0.5, 0.6) is 0 Å². The number of aryl methyl sites for hydroxylation is 2. The van der Waals surface area contributed by atoms with Crippen LogP contribution in [0.2, 0.25) is 0 Å². The zero-order valence-electron chi connectivity index (χ0n) is 17.5. The van der Waals surface area contributed by atoms with Gasteiger partial charge in [-0.25, -0.2) is 12.8 Å². The smallest absolute Gasteiger partial charge is 0.243 e. The van der Waals surface area contributed by atoms with Gasteiger partial charge in [-0.05, 0) is 49.2 Å². The Balaban J connectivity index is 1.46. The van der Waals surface area contributed by atoms with Crippen LogP contribution in [0.4, 0.5) is 4.39 Å². The van der Waals surface area contributed by atoms with E-state index < -0.39 is 15.8 Å². The fourth-order valence-corrected chi connectivity index (χ4v) is 5.50. The number of aromatic nitrogens is 1. The van der Waals surface area contributed by atoms with E-state index in [0.717, 1.165) is 33.8 Å². The molecule has 1 amide bonds. The lowest BCUT2D eigenvalue weighted by molar-refractivity contribution is -0.131. The average Bonchev–Trinajstić information content (AvgIpc) is 2.76. The lowest BCUT2D eigenvalue weighted by Crippen LogP contribution is -2.50. The molecular formula is C23H24FN3O3S. The van der Waals surface area contributed by atoms with E-state index >= 15 is 0 Å². The van der Waals surface area contributed by atoms with Crippen molar-refractivity contribution in [2.24, 2.45) is 0 Å². The standard InChI is InChI=1S/C23H24FN3O3S/c1-16-20-8-3-4-9-22(20)25-17(2)21(16)15-23(28)26-10-12-27(13-11-26)31(29,30)19-7-5-6-18(24)14-19/h3-9,14H,10-13,15H2,1-2H3. The summed E-state index contributed by atoms with van der Waals surface area (Å²) in [6.45, 7) is 4.87. The van der Waals surface area contributed by atoms with Gasteiger partial charge in [0.1, 0.15) is 5.82 Å². The van der Waals surface area contributed by atoms with E-state index in [4.69, 9.17) is 0 Å². The summed E-state index contributed by atoms with van der Waals surface area (Å²) >= 11 is 0. The van der Waals surface area contributed by atoms with Crippen LogP contribution in [-0.4, -0.2) is 54.7 Å². The third-order valence-electron chi connectivity index (χ3n) is 5.84. The molecule has 0 aliphatic carbocycles. The molecule has 2 aromatic carbocycles. The SMILES string of the molecule is Cc1nc2ccccc2c(C)c1CC(=O)N1CCN(S(=O)(=O)c2cccc(F)c2)CC1. The minimum Gasteiger partial charge on any atom is -0.340 e. The lowest BCUT2D eigenvalue weighted by atomic mass is 9.99. The molecule has 1 fully saturated rings. The van der Waals surface area contributed by atoms with Crippen molar-refractivity contribution < 1.29 is 17.6 Å². The van der Waals surface area contributed by atoms with Crippen molar-refractivity contribution in [2.45, 2.75) is 25.2 Å². The van der Waals surface area contributed by atoms with Gasteiger partial charge in [0.2, 0.25) is 15.9 Å². The first-order chi connectivity index (χ1) is 14.8. The molecule has 1 aromatic heterocycles. The second-order valence-corrected chi connectivity index (χ2v) is 9.67. The number of carbonyl (C=O) groups excluding carboxylic acids is 1. The average molecular weight is 442 g/mol. The number of rotatable bonds is 4. The monoisotopic (exact) mass is 441 g/mol. The van der Waals surface area contributed by atoms with Gasteiger partial charge in [0.25, 0.3) is 0 Å². The highest BCUT2D eigenvalue weighted by atomic mass is 32.2. The van der Waals surface area contributed by atoms with Crippen molar-refractivity contribution in [1.29, 1.82) is 0 Å². The molecule has 3 aromatic rings. The highest BCUT2D eigenvalue weighted by Crippen LogP contribution is 2.24. The minimum atomic E-state index is -3.78. The Morgan fingerprint density at radius 1 is 1.03 bits per heavy atom. The second kappa shape index (κ2) is 8.36. The number of nitrogens with zero attached hydrogens (tertiary/aromatic N) is 3. The van der Waals surface area contributed by atoms with Gasteiger partial charge in [0, 0.05) is 37.3 Å². The van der Waals surface area contributed by atoms with Crippen LogP contribution in [-0.2, 0) is 21.2 Å². The maximum Gasteiger partial charge on any atom is 0.243 e. The summed E-state index contributed by atoms with van der Waals surface area (Å²) in [5, 5.41) is 1.03. The molecule has 0 unspecified atom stereocenters. The van der Waals surface area contributed by atoms with E-state index in [9.17, 15) is 17.6 Å². The number of carbonyl (C=O) groups is 1. The van der Waals surface area contributed by atoms with Crippen LogP contribution in [0.1, 0.15) is 16.8 Å². The quantitative estimate of drug-likeness (QED) is 0.624. The maximum atomic E-state index is 13.5. The molecule has 2 heterocycles. The number of piperazine rings is 1. The van der Waals surface area contributed by atoms with Crippen molar-refractivity contribution in [3.63, 3.8) is 0 Å². The zero-order chi connectivity index (χ0) is 22.2. The zero-order valence-corrected chi connectivity index (χ0v) is 18.3. The molecule has 6 nitrogen and oxygen atoms in total. The van der Waals surface area contributed by atoms with Gasteiger partial charge >= 0.3 is 0 Å². The van der Waals surface area contributed by atoms with Gasteiger partial charge in [-0.2, -0.15) is 4.31 Å². The first-order valence-corrected chi connectivity index (χ1v) is 11.6. The van der Waals surface area contributed by atoms with Crippen LogP contribution in [0.3, 0.4) is 0 Å². The molecule has 0 N–H and O–H groups in total. The van der Waals surface area contributed by atoms with Crippen LogP contribution < -0.4 is 0 Å². The third kappa shape index (κ3) is 4.18. The van der Waals surface area contributed by atoms with Gasteiger partial charge in [-0.3, -0.25) is 9.78 Å². The molecule has 0 bridgehead atoms. The van der Waals surface area contributed by atoms with E-state index in [-0.39, 0.29) is 30.3 Å². The van der Waals surface area contributed by atoms with E-state index in [2.05, 4.69) is 4.98 Å². The van der Waals surface area contributed by atoms with Gasteiger partial charge in [0.15, 0.2) is 0 Å². The first-order valence-electron chi connectivity index (χ1n) is 10.2. The predicted octanol–water partition coefficient (Wildman–Crippen LogP) is 3.07. The molecule has 1 aliphatic heterocycles. The molecule has 1 aliphatic rings. The highest BCUT2D eigenvalue weighted by Gasteiger charge is 2.30. The topological polar surface area (TPSA) is 70.6 Å². The Morgan fingerprint density at radius 2 is 1.74 bits per heavy atom. The second-order valence-electron chi connectivity index (χ2n) is 7.74. The van der Waals surface area contributed by atoms with Crippen LogP contribution in [0.15, 0.2) is 53.4 Å². The summed E-state index contributed by atoms with van der Waals surface area (Å²) < 4.78 is 40.3. The number of halogens is 1. The van der Waals surface area contributed by atoms with Crippen LogP contribution in [0.25, 0.3) is 10.9 Å². The predicted molar refractivity (Wildman–Crippen MR) is 117 cm³/mol. The van der Waals surface area contributed by atoms with Gasteiger partial charge in [-0.15, -0.1) is 0 Å². The molecule has 1 saturated heterocycles. The molecule has 0 radical (unpaired) electrons. The lowest BCUT2D eigenvalue weighted by Gasteiger charge is -2.34. The number of para-hydroxylation sites is 1. The number of benzene rings is 2. The van der Waals surface area contributed by atoms with Crippen molar-refractivity contribution in [2.75, 3.05) is 26.2 Å². The van der Waals surface area contributed by atoms with E-state index in [1.54, 1.807) is 4.90 Å². The first kappa shape index (κ1) is 21.4. The summed E-state index contributed by atoms with van der Waals surface area (Å²) in [5.41, 5.74) is 3.70. The number of amides is 1. The van der Waals surface area contributed by atoms with Gasteiger partial charge < -0.3 is 4.90 Å². The molecule has 31 heavy (non-hydrogen) atoms. The van der Waals surface area contributed by atoms with E-state index in [1.165, 1.54) is 22.5 Å². The van der Waals surface area contributed by atoms with E-state index in [0.29, 0.717) is 13.1 Å². The molecule has 0 saturated carbocycles. The molecular weight excluding hydrogens is 417 g/mol. The molecule has 0 atom stereocenters. The number of hydrogen-bond acceptors (Lipinski definition) is 4. The fraction of sp³-hybridized carbons (Fsp3) is 0.304. The summed E-state index contributed by atoms with van der Waals surface area (Å²) in [4.78, 5) is 19.2. The summed E-state index contributed by atoms with van der Waals surface area (Å²) in [7, 11) is -3.78. The van der Waals surface area contributed by atoms with Gasteiger partial charge in [0.05, 0.1) is 16.8 Å². The van der Waals surface area contributed by atoms with Gasteiger partial charge in [-0.1, -0.05) is 24.3 Å². The molecule has 0 spiro atoms. The van der Waals surface area contributed by atoms with E-state index in [1.807, 2.05) is 38.1 Å². The Kier molecular flexibility index (Phi) is 5.77. The highest BCUT2D eigenvalue weighted by molar-refractivity contribution is 7.89. The number of sulfonamides is 1. The molecule has 162 valence electrons. The summed E-state index contributed by atoms with van der Waals surface area (Å²) in [5.74, 6) is -0.643. The molecule has 4 rings (SSSR count). The van der Waals surface area contributed by atoms with Crippen molar-refractivity contribution in [3.8, 4) is 0 Å². The van der Waals surface area contributed by atoms with Crippen molar-refractivity contribution >= 4 is 26.8 Å². The normalized spacial score (nSPS) is 15.4. The Labute approximate surface area is 181 Å². The Bertz CT molecular complexity index is 1250. The van der Waals surface area contributed by atoms with Crippen LogP contribution in [0, 0.1) is 19.7 Å². The number of pyridine rings is 1. The fourth-order valence-electron chi connectivity index (χ4n) is 4.05. The Morgan fingerprint density at radius 3 is 2.45 bits per heavy atom. The summed E-state index contributed by atoms with van der Waals surface area (Å²) in [6, 6.07) is 12.8. The van der Waals surface area contributed by atoms with Crippen LogP contribution >= 0.6 is 0 Å².